The van der Waals surface area contributed by atoms with Crippen molar-refractivity contribution in [1.82, 2.24) is 9.78 Å². The molecule has 0 amide bonds. The summed E-state index contributed by atoms with van der Waals surface area (Å²) in [5, 5.41) is 4.72. The summed E-state index contributed by atoms with van der Waals surface area (Å²) in [4.78, 5) is 0. The fraction of sp³-hybridized carbons (Fsp3) is 0.786. The molecule has 1 aromatic heterocycles. The lowest BCUT2D eigenvalue weighted by atomic mass is 9.89. The molecule has 17 heavy (non-hydrogen) atoms. The first-order valence-electron chi connectivity index (χ1n) is 6.97. The van der Waals surface area contributed by atoms with Crippen LogP contribution < -0.4 is 0 Å². The third-order valence-electron chi connectivity index (χ3n) is 4.25. The fourth-order valence-corrected chi connectivity index (χ4v) is 3.24. The second-order valence-electron chi connectivity index (χ2n) is 5.50. The maximum Gasteiger partial charge on any atom is 0.0753 e. The molecule has 1 saturated carbocycles. The van der Waals surface area contributed by atoms with Crippen molar-refractivity contribution in [2.45, 2.75) is 58.6 Å². The Balaban J connectivity index is 1.78. The third kappa shape index (κ3) is 2.25. The predicted octanol–water partition coefficient (Wildman–Crippen LogP) is 2.84. The highest BCUT2D eigenvalue weighted by atomic mass is 16.5. The zero-order chi connectivity index (χ0) is 11.7. The Morgan fingerprint density at radius 1 is 1.29 bits per heavy atom. The van der Waals surface area contributed by atoms with Gasteiger partial charge in [-0.3, -0.25) is 4.68 Å². The Labute approximate surface area is 103 Å². The number of rotatable bonds is 2. The molecule has 3 heteroatoms. The lowest BCUT2D eigenvalue weighted by Gasteiger charge is -2.23. The van der Waals surface area contributed by atoms with Crippen LogP contribution in [0, 0.1) is 12.8 Å². The summed E-state index contributed by atoms with van der Waals surface area (Å²) in [6, 6.07) is 0. The standard InChI is InChI=1S/C14H22N2O/c1-11-13-10-17-8-7-14(13)16(15-11)9-12-5-3-2-4-6-12/h12H,2-10H2,1H3. The van der Waals surface area contributed by atoms with E-state index in [1.807, 2.05) is 0 Å². The summed E-state index contributed by atoms with van der Waals surface area (Å²) < 4.78 is 7.81. The van der Waals surface area contributed by atoms with Crippen LogP contribution in [0.3, 0.4) is 0 Å². The number of aromatic nitrogens is 2. The molecule has 0 aromatic carbocycles. The fourth-order valence-electron chi connectivity index (χ4n) is 3.24. The van der Waals surface area contributed by atoms with E-state index in [2.05, 4.69) is 11.6 Å². The summed E-state index contributed by atoms with van der Waals surface area (Å²) in [5.74, 6) is 0.856. The molecular formula is C14H22N2O. The largest absolute Gasteiger partial charge is 0.376 e. The van der Waals surface area contributed by atoms with Gasteiger partial charge in [0.05, 0.1) is 18.9 Å². The maximum absolute atomic E-state index is 5.53. The van der Waals surface area contributed by atoms with Crippen LogP contribution in [-0.2, 0) is 24.3 Å². The predicted molar refractivity (Wildman–Crippen MR) is 66.9 cm³/mol. The van der Waals surface area contributed by atoms with Crippen LogP contribution in [-0.4, -0.2) is 16.4 Å². The summed E-state index contributed by atoms with van der Waals surface area (Å²) in [7, 11) is 0. The molecule has 0 unspecified atom stereocenters. The molecule has 2 heterocycles. The van der Waals surface area contributed by atoms with Gasteiger partial charge in [0.2, 0.25) is 0 Å². The smallest absolute Gasteiger partial charge is 0.0753 e. The minimum absolute atomic E-state index is 0.770. The third-order valence-corrected chi connectivity index (χ3v) is 4.25. The zero-order valence-corrected chi connectivity index (χ0v) is 10.7. The van der Waals surface area contributed by atoms with E-state index in [1.54, 1.807) is 0 Å². The van der Waals surface area contributed by atoms with Crippen LogP contribution in [0.25, 0.3) is 0 Å². The Kier molecular flexibility index (Phi) is 3.19. The molecule has 1 aliphatic carbocycles. The van der Waals surface area contributed by atoms with Crippen LogP contribution in [0.4, 0.5) is 0 Å². The van der Waals surface area contributed by atoms with Gasteiger partial charge in [-0.25, -0.2) is 0 Å². The van der Waals surface area contributed by atoms with Crippen LogP contribution >= 0.6 is 0 Å². The molecule has 2 aliphatic rings. The van der Waals surface area contributed by atoms with Crippen molar-refractivity contribution >= 4 is 0 Å². The number of nitrogens with zero attached hydrogens (tertiary/aromatic N) is 2. The molecule has 1 fully saturated rings. The molecule has 3 rings (SSSR count). The van der Waals surface area contributed by atoms with Gasteiger partial charge in [0.1, 0.15) is 0 Å². The van der Waals surface area contributed by atoms with Crippen molar-refractivity contribution < 1.29 is 4.74 Å². The van der Waals surface area contributed by atoms with Crippen molar-refractivity contribution in [2.24, 2.45) is 5.92 Å². The van der Waals surface area contributed by atoms with Gasteiger partial charge in [-0.1, -0.05) is 19.3 Å². The second-order valence-corrected chi connectivity index (χ2v) is 5.50. The minimum Gasteiger partial charge on any atom is -0.376 e. The first-order valence-corrected chi connectivity index (χ1v) is 6.97. The van der Waals surface area contributed by atoms with Gasteiger partial charge in [0.15, 0.2) is 0 Å². The normalized spacial score (nSPS) is 21.5. The summed E-state index contributed by atoms with van der Waals surface area (Å²) in [6.07, 6.45) is 8.09. The van der Waals surface area contributed by atoms with E-state index in [0.717, 1.165) is 32.1 Å². The highest BCUT2D eigenvalue weighted by Crippen LogP contribution is 2.27. The average molecular weight is 234 g/mol. The number of aryl methyl sites for hydroxylation is 1. The number of hydrogen-bond donors (Lipinski definition) is 0. The monoisotopic (exact) mass is 234 g/mol. The van der Waals surface area contributed by atoms with E-state index in [-0.39, 0.29) is 0 Å². The molecule has 0 radical (unpaired) electrons. The average Bonchev–Trinajstić information content (AvgIpc) is 2.69. The van der Waals surface area contributed by atoms with Gasteiger partial charge in [0, 0.05) is 24.2 Å². The first kappa shape index (κ1) is 11.3. The summed E-state index contributed by atoms with van der Waals surface area (Å²) in [5.41, 5.74) is 3.97. The maximum atomic E-state index is 5.53. The van der Waals surface area contributed by atoms with Gasteiger partial charge in [0.25, 0.3) is 0 Å². The van der Waals surface area contributed by atoms with Crippen molar-refractivity contribution in [3.63, 3.8) is 0 Å². The highest BCUT2D eigenvalue weighted by Gasteiger charge is 2.21. The zero-order valence-electron chi connectivity index (χ0n) is 10.7. The first-order chi connectivity index (χ1) is 8.34. The van der Waals surface area contributed by atoms with Gasteiger partial charge in [-0.05, 0) is 25.7 Å². The van der Waals surface area contributed by atoms with E-state index < -0.39 is 0 Å². The van der Waals surface area contributed by atoms with E-state index in [0.29, 0.717) is 0 Å². The van der Waals surface area contributed by atoms with Crippen LogP contribution in [0.1, 0.15) is 49.1 Å². The Morgan fingerprint density at radius 3 is 2.94 bits per heavy atom. The lowest BCUT2D eigenvalue weighted by Crippen LogP contribution is -2.19. The molecule has 94 valence electrons. The Hall–Kier alpha value is -0.830. The minimum atomic E-state index is 0.770. The van der Waals surface area contributed by atoms with Crippen molar-refractivity contribution in [1.29, 1.82) is 0 Å². The quantitative estimate of drug-likeness (QED) is 0.786. The molecular weight excluding hydrogens is 212 g/mol. The van der Waals surface area contributed by atoms with E-state index in [4.69, 9.17) is 9.84 Å². The van der Waals surface area contributed by atoms with Crippen LogP contribution in [0.2, 0.25) is 0 Å². The summed E-state index contributed by atoms with van der Waals surface area (Å²) in [6.45, 7) is 4.88. The van der Waals surface area contributed by atoms with Gasteiger partial charge >= 0.3 is 0 Å². The lowest BCUT2D eigenvalue weighted by molar-refractivity contribution is 0.108. The second kappa shape index (κ2) is 4.81. The summed E-state index contributed by atoms with van der Waals surface area (Å²) >= 11 is 0. The van der Waals surface area contributed by atoms with Crippen molar-refractivity contribution in [2.75, 3.05) is 6.61 Å². The molecule has 0 atom stereocenters. The van der Waals surface area contributed by atoms with Crippen molar-refractivity contribution in [3.8, 4) is 0 Å². The SMILES string of the molecule is Cc1nn(CC2CCCCC2)c2c1COCC2. The van der Waals surface area contributed by atoms with E-state index >= 15 is 0 Å². The molecule has 0 spiro atoms. The molecule has 0 N–H and O–H groups in total. The topological polar surface area (TPSA) is 27.1 Å². The Bertz CT molecular complexity index is 391. The van der Waals surface area contributed by atoms with Gasteiger partial charge < -0.3 is 4.74 Å². The Morgan fingerprint density at radius 2 is 2.12 bits per heavy atom. The molecule has 3 nitrogen and oxygen atoms in total. The molecule has 1 aromatic rings. The van der Waals surface area contributed by atoms with Crippen LogP contribution in [0.15, 0.2) is 0 Å². The molecule has 1 aliphatic heterocycles. The van der Waals surface area contributed by atoms with Crippen LogP contribution in [0.5, 0.6) is 0 Å². The van der Waals surface area contributed by atoms with Crippen molar-refractivity contribution in [3.05, 3.63) is 17.0 Å². The van der Waals surface area contributed by atoms with E-state index in [9.17, 15) is 0 Å². The highest BCUT2D eigenvalue weighted by molar-refractivity contribution is 5.26. The number of fused-ring (bicyclic) bond motifs is 1. The number of hydrogen-bond acceptors (Lipinski definition) is 2. The van der Waals surface area contributed by atoms with Gasteiger partial charge in [-0.15, -0.1) is 0 Å². The van der Waals surface area contributed by atoms with Gasteiger partial charge in [-0.2, -0.15) is 5.10 Å². The molecule has 0 saturated heterocycles. The molecule has 0 bridgehead atoms. The van der Waals surface area contributed by atoms with E-state index in [1.165, 1.54) is 49.1 Å². The number of ether oxygens (including phenoxy) is 1.